The predicted octanol–water partition coefficient (Wildman–Crippen LogP) is 1.68. The van der Waals surface area contributed by atoms with Crippen LogP contribution >= 0.6 is 0 Å². The van der Waals surface area contributed by atoms with Crippen LogP contribution in [0.2, 0.25) is 0 Å². The second kappa shape index (κ2) is 5.95. The van der Waals surface area contributed by atoms with E-state index in [1.54, 1.807) is 0 Å². The first-order valence-electron chi connectivity index (χ1n) is 5.88. The van der Waals surface area contributed by atoms with E-state index in [-0.39, 0.29) is 11.9 Å². The second-order valence-corrected chi connectivity index (χ2v) is 4.60. The van der Waals surface area contributed by atoms with Gasteiger partial charge in [-0.25, -0.2) is 0 Å². The molecule has 88 valence electrons. The molecule has 1 rings (SSSR count). The van der Waals surface area contributed by atoms with Gasteiger partial charge in [-0.15, -0.1) is 0 Å². The molecule has 0 aromatic rings. The van der Waals surface area contributed by atoms with Crippen molar-refractivity contribution in [1.82, 2.24) is 5.32 Å². The fourth-order valence-electron chi connectivity index (χ4n) is 2.34. The predicted molar refractivity (Wildman–Crippen MR) is 62.0 cm³/mol. The minimum atomic E-state index is -0.0491. The van der Waals surface area contributed by atoms with Crippen LogP contribution in [0.4, 0.5) is 0 Å². The molecule has 1 aliphatic rings. The van der Waals surface area contributed by atoms with E-state index in [2.05, 4.69) is 17.4 Å². The Balaban J connectivity index is 2.36. The molecular weight excluding hydrogens is 190 g/mol. The Morgan fingerprint density at radius 1 is 1.33 bits per heavy atom. The van der Waals surface area contributed by atoms with Crippen molar-refractivity contribution in [3.63, 3.8) is 0 Å². The first-order valence-corrected chi connectivity index (χ1v) is 5.88. The third-order valence-corrected chi connectivity index (χ3v) is 3.43. The summed E-state index contributed by atoms with van der Waals surface area (Å²) in [4.78, 5) is 0. The van der Waals surface area contributed by atoms with Gasteiger partial charge in [0.15, 0.2) is 5.84 Å². The average molecular weight is 213 g/mol. The van der Waals surface area contributed by atoms with Crippen molar-refractivity contribution in [1.29, 1.82) is 0 Å². The lowest BCUT2D eigenvalue weighted by Gasteiger charge is -2.30. The molecule has 0 saturated heterocycles. The number of oxime groups is 1. The van der Waals surface area contributed by atoms with Crippen LogP contribution in [0.5, 0.6) is 0 Å². The monoisotopic (exact) mass is 213 g/mol. The molecule has 0 radical (unpaired) electrons. The zero-order valence-electron chi connectivity index (χ0n) is 9.74. The highest BCUT2D eigenvalue weighted by Gasteiger charge is 2.21. The van der Waals surface area contributed by atoms with Crippen molar-refractivity contribution >= 4 is 5.84 Å². The Morgan fingerprint density at radius 3 is 2.47 bits per heavy atom. The second-order valence-electron chi connectivity index (χ2n) is 4.60. The molecule has 1 saturated carbocycles. The standard InChI is InChI=1S/C11H23N3O/c1-8(10-6-4-3-5-7-10)13-9(2)11(12)14-15/h8-10,13,15H,3-7H2,1-2H3,(H2,12,14)/t8-,9?/m1/s1. The lowest BCUT2D eigenvalue weighted by molar-refractivity contribution is 0.274. The van der Waals surface area contributed by atoms with E-state index in [9.17, 15) is 0 Å². The van der Waals surface area contributed by atoms with Crippen LogP contribution in [0.25, 0.3) is 0 Å². The maximum absolute atomic E-state index is 8.55. The molecule has 0 spiro atoms. The molecule has 0 bridgehead atoms. The highest BCUT2D eigenvalue weighted by Crippen LogP contribution is 2.26. The molecule has 0 aromatic carbocycles. The molecule has 1 unspecified atom stereocenters. The summed E-state index contributed by atoms with van der Waals surface area (Å²) in [6, 6.07) is 0.396. The van der Waals surface area contributed by atoms with Crippen LogP contribution in [0.15, 0.2) is 5.16 Å². The highest BCUT2D eigenvalue weighted by molar-refractivity contribution is 5.84. The average Bonchev–Trinajstić information content (AvgIpc) is 2.29. The van der Waals surface area contributed by atoms with E-state index in [0.29, 0.717) is 6.04 Å². The normalized spacial score (nSPS) is 23.7. The number of amidine groups is 1. The third kappa shape index (κ3) is 3.70. The highest BCUT2D eigenvalue weighted by atomic mass is 16.4. The van der Waals surface area contributed by atoms with E-state index >= 15 is 0 Å². The quantitative estimate of drug-likeness (QED) is 0.288. The summed E-state index contributed by atoms with van der Waals surface area (Å²) < 4.78 is 0. The van der Waals surface area contributed by atoms with E-state index in [0.717, 1.165) is 5.92 Å². The summed E-state index contributed by atoms with van der Waals surface area (Å²) in [7, 11) is 0. The Labute approximate surface area is 91.9 Å². The molecule has 0 aromatic heterocycles. The Kier molecular flexibility index (Phi) is 4.88. The van der Waals surface area contributed by atoms with Gasteiger partial charge in [0.1, 0.15) is 0 Å². The van der Waals surface area contributed by atoms with Gasteiger partial charge >= 0.3 is 0 Å². The van der Waals surface area contributed by atoms with E-state index in [4.69, 9.17) is 10.9 Å². The number of hydrogen-bond acceptors (Lipinski definition) is 3. The van der Waals surface area contributed by atoms with Gasteiger partial charge in [-0.05, 0) is 32.6 Å². The van der Waals surface area contributed by atoms with Gasteiger partial charge < -0.3 is 16.3 Å². The number of nitrogens with two attached hydrogens (primary N) is 1. The Bertz CT molecular complexity index is 212. The van der Waals surface area contributed by atoms with Gasteiger partial charge in [-0.2, -0.15) is 0 Å². The number of hydrogen-bond donors (Lipinski definition) is 3. The van der Waals surface area contributed by atoms with E-state index in [1.165, 1.54) is 32.1 Å². The zero-order valence-corrected chi connectivity index (χ0v) is 9.74. The Hall–Kier alpha value is -0.770. The third-order valence-electron chi connectivity index (χ3n) is 3.43. The van der Waals surface area contributed by atoms with Gasteiger partial charge in [0.25, 0.3) is 0 Å². The largest absolute Gasteiger partial charge is 0.409 e. The minimum Gasteiger partial charge on any atom is -0.409 e. The fourth-order valence-corrected chi connectivity index (χ4v) is 2.34. The molecular formula is C11H23N3O. The number of rotatable bonds is 4. The van der Waals surface area contributed by atoms with E-state index < -0.39 is 0 Å². The van der Waals surface area contributed by atoms with Gasteiger partial charge in [0.2, 0.25) is 0 Å². The molecule has 4 nitrogen and oxygen atoms in total. The first-order chi connectivity index (χ1) is 7.15. The molecule has 1 aliphatic carbocycles. The molecule has 4 heteroatoms. The summed E-state index contributed by atoms with van der Waals surface area (Å²) in [5.74, 6) is 1.00. The van der Waals surface area contributed by atoms with Crippen LogP contribution in [-0.4, -0.2) is 23.1 Å². The number of nitrogens with one attached hydrogen (secondary N) is 1. The Morgan fingerprint density at radius 2 is 1.93 bits per heavy atom. The zero-order chi connectivity index (χ0) is 11.3. The summed E-state index contributed by atoms with van der Waals surface area (Å²) >= 11 is 0. The van der Waals surface area contributed by atoms with Crippen LogP contribution < -0.4 is 11.1 Å². The van der Waals surface area contributed by atoms with Crippen molar-refractivity contribution in [2.75, 3.05) is 0 Å². The van der Waals surface area contributed by atoms with Gasteiger partial charge in [-0.3, -0.25) is 0 Å². The van der Waals surface area contributed by atoms with Crippen molar-refractivity contribution in [3.05, 3.63) is 0 Å². The van der Waals surface area contributed by atoms with Crippen LogP contribution in [-0.2, 0) is 0 Å². The molecule has 0 amide bonds. The van der Waals surface area contributed by atoms with Crippen LogP contribution in [0, 0.1) is 5.92 Å². The molecule has 15 heavy (non-hydrogen) atoms. The van der Waals surface area contributed by atoms with Gasteiger partial charge in [-0.1, -0.05) is 24.4 Å². The maximum Gasteiger partial charge on any atom is 0.156 e. The van der Waals surface area contributed by atoms with Crippen LogP contribution in [0.3, 0.4) is 0 Å². The topological polar surface area (TPSA) is 70.6 Å². The lowest BCUT2D eigenvalue weighted by Crippen LogP contribution is -2.46. The summed E-state index contributed by atoms with van der Waals surface area (Å²) in [5, 5.41) is 15.0. The van der Waals surface area contributed by atoms with Crippen molar-refractivity contribution in [2.45, 2.75) is 58.0 Å². The number of nitrogens with zero attached hydrogens (tertiary/aromatic N) is 1. The van der Waals surface area contributed by atoms with Crippen LogP contribution in [0.1, 0.15) is 46.0 Å². The van der Waals surface area contributed by atoms with E-state index in [1.807, 2.05) is 6.92 Å². The SMILES string of the molecule is CC(N[C@H](C)C1CCCCC1)C(N)=NO. The van der Waals surface area contributed by atoms with Crippen molar-refractivity contribution in [2.24, 2.45) is 16.8 Å². The minimum absolute atomic E-state index is 0.0491. The molecule has 0 aliphatic heterocycles. The van der Waals surface area contributed by atoms with Gasteiger partial charge in [0, 0.05) is 6.04 Å². The lowest BCUT2D eigenvalue weighted by atomic mass is 9.84. The van der Waals surface area contributed by atoms with Crippen molar-refractivity contribution < 1.29 is 5.21 Å². The van der Waals surface area contributed by atoms with Crippen molar-refractivity contribution in [3.8, 4) is 0 Å². The summed E-state index contributed by atoms with van der Waals surface area (Å²) in [5.41, 5.74) is 5.53. The maximum atomic E-state index is 8.55. The smallest absolute Gasteiger partial charge is 0.156 e. The molecule has 0 heterocycles. The first kappa shape index (κ1) is 12.3. The van der Waals surface area contributed by atoms with Gasteiger partial charge in [0.05, 0.1) is 6.04 Å². The molecule has 1 fully saturated rings. The molecule has 2 atom stereocenters. The fraction of sp³-hybridized carbons (Fsp3) is 0.909. The molecule has 4 N–H and O–H groups in total. The summed E-state index contributed by atoms with van der Waals surface area (Å²) in [6.07, 6.45) is 6.66. The summed E-state index contributed by atoms with van der Waals surface area (Å²) in [6.45, 7) is 4.12.